The highest BCUT2D eigenvalue weighted by atomic mass is 35.5. The summed E-state index contributed by atoms with van der Waals surface area (Å²) in [5.74, 6) is 1.29. The average Bonchev–Trinajstić information content (AvgIpc) is 2.74. The molecule has 0 aliphatic carbocycles. The fourth-order valence-electron chi connectivity index (χ4n) is 3.40. The summed E-state index contributed by atoms with van der Waals surface area (Å²) in [6.45, 7) is 4.16. The van der Waals surface area contributed by atoms with Gasteiger partial charge in [-0.15, -0.1) is 0 Å². The number of halogens is 1. The molecule has 3 aromatic rings. The summed E-state index contributed by atoms with van der Waals surface area (Å²) in [4.78, 5) is 19.0. The number of aromatic nitrogens is 2. The molecule has 7 heteroatoms. The highest BCUT2D eigenvalue weighted by molar-refractivity contribution is 6.30. The van der Waals surface area contributed by atoms with Gasteiger partial charge in [0.25, 0.3) is 5.56 Å². The van der Waals surface area contributed by atoms with Gasteiger partial charge in [0.2, 0.25) is 0 Å². The minimum atomic E-state index is -0.170. The molecule has 30 heavy (non-hydrogen) atoms. The lowest BCUT2D eigenvalue weighted by Gasteiger charge is -2.39. The van der Waals surface area contributed by atoms with E-state index in [1.54, 1.807) is 35.2 Å². The number of hydrogen-bond acceptors (Lipinski definition) is 5. The summed E-state index contributed by atoms with van der Waals surface area (Å²) < 4.78 is 13.1. The van der Waals surface area contributed by atoms with Crippen LogP contribution in [0.15, 0.2) is 65.7 Å². The predicted molar refractivity (Wildman–Crippen MR) is 117 cm³/mol. The van der Waals surface area contributed by atoms with Gasteiger partial charge in [0.1, 0.15) is 24.8 Å². The molecule has 0 radical (unpaired) electrons. The van der Waals surface area contributed by atoms with E-state index >= 15 is 0 Å². The second kappa shape index (κ2) is 9.32. The molecule has 1 aromatic carbocycles. The Bertz CT molecular complexity index is 1030. The van der Waals surface area contributed by atoms with Gasteiger partial charge >= 0.3 is 0 Å². The van der Waals surface area contributed by atoms with Crippen LogP contribution in [0.5, 0.6) is 11.5 Å². The highest BCUT2D eigenvalue weighted by Gasteiger charge is 2.26. The van der Waals surface area contributed by atoms with E-state index in [1.807, 2.05) is 24.3 Å². The van der Waals surface area contributed by atoms with Crippen molar-refractivity contribution in [1.29, 1.82) is 0 Å². The Kier molecular flexibility index (Phi) is 6.35. The van der Waals surface area contributed by atoms with Crippen molar-refractivity contribution in [1.82, 2.24) is 14.5 Å². The summed E-state index contributed by atoms with van der Waals surface area (Å²) in [7, 11) is 0. The zero-order valence-electron chi connectivity index (χ0n) is 16.8. The smallest absolute Gasteiger partial charge is 0.258 e. The van der Waals surface area contributed by atoms with Crippen LogP contribution < -0.4 is 15.0 Å². The zero-order chi connectivity index (χ0) is 20.9. The molecule has 0 spiro atoms. The van der Waals surface area contributed by atoms with Crippen molar-refractivity contribution in [3.05, 3.63) is 82.0 Å². The molecule has 2 aromatic heterocycles. The van der Waals surface area contributed by atoms with E-state index in [-0.39, 0.29) is 12.2 Å². The van der Waals surface area contributed by atoms with Crippen LogP contribution in [-0.4, -0.2) is 33.8 Å². The van der Waals surface area contributed by atoms with Gasteiger partial charge in [0.15, 0.2) is 0 Å². The molecule has 1 aliphatic heterocycles. The van der Waals surface area contributed by atoms with Crippen LogP contribution in [0.4, 0.5) is 0 Å². The number of nitrogens with zero attached hydrogens (tertiary/aromatic N) is 3. The summed E-state index contributed by atoms with van der Waals surface area (Å²) in [6.07, 6.45) is 5.67. The Labute approximate surface area is 180 Å². The van der Waals surface area contributed by atoms with Crippen molar-refractivity contribution >= 4 is 11.6 Å². The number of pyridine rings is 2. The zero-order valence-corrected chi connectivity index (χ0v) is 17.6. The quantitative estimate of drug-likeness (QED) is 0.539. The molecule has 0 N–H and O–H groups in total. The number of ether oxygens (including phenoxy) is 2. The van der Waals surface area contributed by atoms with E-state index in [2.05, 4.69) is 16.8 Å². The van der Waals surface area contributed by atoms with Crippen molar-refractivity contribution in [2.24, 2.45) is 0 Å². The Morgan fingerprint density at radius 2 is 1.93 bits per heavy atom. The molecule has 1 fully saturated rings. The lowest BCUT2D eigenvalue weighted by molar-refractivity contribution is 0.0130. The standard InChI is InChI=1S/C23H24ClN3O3/c1-2-19-9-11-26(19)16-30-21-7-5-20(6-8-21)27-12-10-22(13-23(27)28)29-15-18-4-3-17(24)14-25-18/h3-8,10,12-14,19H,2,9,11,15-16H2,1H3/t19-/m0/s1. The first-order chi connectivity index (χ1) is 14.6. The molecule has 6 nitrogen and oxygen atoms in total. The summed E-state index contributed by atoms with van der Waals surface area (Å²) in [5.41, 5.74) is 1.34. The van der Waals surface area contributed by atoms with Crippen molar-refractivity contribution in [2.75, 3.05) is 13.3 Å². The largest absolute Gasteiger partial charge is 0.487 e. The maximum Gasteiger partial charge on any atom is 0.258 e. The third-order valence-corrected chi connectivity index (χ3v) is 5.54. The van der Waals surface area contributed by atoms with Gasteiger partial charge in [-0.05, 0) is 55.3 Å². The first kappa shape index (κ1) is 20.4. The molecule has 1 aliphatic rings. The van der Waals surface area contributed by atoms with Crippen molar-refractivity contribution < 1.29 is 9.47 Å². The molecule has 156 valence electrons. The molecule has 1 saturated heterocycles. The highest BCUT2D eigenvalue weighted by Crippen LogP contribution is 2.21. The third-order valence-electron chi connectivity index (χ3n) is 5.32. The monoisotopic (exact) mass is 425 g/mol. The van der Waals surface area contributed by atoms with Gasteiger partial charge in [-0.2, -0.15) is 0 Å². The normalized spacial score (nSPS) is 16.1. The van der Waals surface area contributed by atoms with Gasteiger partial charge in [-0.25, -0.2) is 0 Å². The van der Waals surface area contributed by atoms with Crippen LogP contribution >= 0.6 is 11.6 Å². The Morgan fingerprint density at radius 1 is 1.10 bits per heavy atom. The van der Waals surface area contributed by atoms with E-state index in [9.17, 15) is 4.79 Å². The number of benzene rings is 1. The minimum Gasteiger partial charge on any atom is -0.487 e. The molecular formula is C23H24ClN3O3. The Morgan fingerprint density at radius 3 is 2.57 bits per heavy atom. The molecule has 0 amide bonds. The van der Waals surface area contributed by atoms with Crippen molar-refractivity contribution in [3.8, 4) is 17.2 Å². The van der Waals surface area contributed by atoms with Crippen molar-refractivity contribution in [2.45, 2.75) is 32.4 Å². The van der Waals surface area contributed by atoms with Gasteiger partial charge in [0, 0.05) is 36.7 Å². The van der Waals surface area contributed by atoms with E-state index in [0.717, 1.165) is 30.1 Å². The molecule has 3 heterocycles. The van der Waals surface area contributed by atoms with Gasteiger partial charge < -0.3 is 9.47 Å². The predicted octanol–water partition coefficient (Wildman–Crippen LogP) is 4.29. The van der Waals surface area contributed by atoms with Gasteiger partial charge in [-0.1, -0.05) is 18.5 Å². The molecule has 4 rings (SSSR count). The number of rotatable bonds is 8. The number of hydrogen-bond donors (Lipinski definition) is 0. The maximum absolute atomic E-state index is 12.5. The third kappa shape index (κ3) is 4.83. The summed E-state index contributed by atoms with van der Waals surface area (Å²) >= 11 is 5.83. The Hall–Kier alpha value is -2.83. The van der Waals surface area contributed by atoms with Crippen LogP contribution in [0, 0.1) is 0 Å². The molecule has 0 unspecified atom stereocenters. The lowest BCUT2D eigenvalue weighted by Crippen LogP contribution is -2.48. The second-order valence-corrected chi connectivity index (χ2v) is 7.69. The first-order valence-corrected chi connectivity index (χ1v) is 10.4. The van der Waals surface area contributed by atoms with Crippen LogP contribution in [0.25, 0.3) is 5.69 Å². The van der Waals surface area contributed by atoms with E-state index in [1.165, 1.54) is 12.5 Å². The second-order valence-electron chi connectivity index (χ2n) is 7.26. The average molecular weight is 426 g/mol. The van der Waals surface area contributed by atoms with Gasteiger partial charge in [-0.3, -0.25) is 19.2 Å². The summed E-state index contributed by atoms with van der Waals surface area (Å²) in [5, 5.41) is 0.573. The van der Waals surface area contributed by atoms with Crippen LogP contribution in [0.1, 0.15) is 25.5 Å². The first-order valence-electron chi connectivity index (χ1n) is 10.1. The van der Waals surface area contributed by atoms with Crippen molar-refractivity contribution in [3.63, 3.8) is 0 Å². The Balaban J connectivity index is 1.36. The van der Waals surface area contributed by atoms with Crippen LogP contribution in [-0.2, 0) is 6.61 Å². The SMILES string of the molecule is CC[C@H]1CCN1COc1ccc(-n2ccc(OCc3ccc(Cl)cn3)cc2=O)cc1. The fraction of sp³-hybridized carbons (Fsp3) is 0.304. The van der Waals surface area contributed by atoms with E-state index < -0.39 is 0 Å². The maximum atomic E-state index is 12.5. The molecule has 0 saturated carbocycles. The number of likely N-dealkylation sites (tertiary alicyclic amines) is 1. The van der Waals surface area contributed by atoms with E-state index in [4.69, 9.17) is 21.1 Å². The summed E-state index contributed by atoms with van der Waals surface area (Å²) in [6, 6.07) is 14.9. The van der Waals surface area contributed by atoms with E-state index in [0.29, 0.717) is 23.5 Å². The van der Waals surface area contributed by atoms with Crippen LogP contribution in [0.2, 0.25) is 5.02 Å². The molecule has 0 bridgehead atoms. The lowest BCUT2D eigenvalue weighted by atomic mass is 10.0. The molecular weight excluding hydrogens is 402 g/mol. The molecule has 1 atom stereocenters. The topological polar surface area (TPSA) is 56.6 Å². The fourth-order valence-corrected chi connectivity index (χ4v) is 3.51. The van der Waals surface area contributed by atoms with Crippen LogP contribution in [0.3, 0.4) is 0 Å². The van der Waals surface area contributed by atoms with Gasteiger partial charge in [0.05, 0.1) is 10.7 Å². The minimum absolute atomic E-state index is 0.170.